The minimum atomic E-state index is 0.397. The summed E-state index contributed by atoms with van der Waals surface area (Å²) in [5, 5.41) is 4.57. The van der Waals surface area contributed by atoms with Gasteiger partial charge in [-0.25, -0.2) is 9.97 Å². The number of pyridine rings is 1. The molecule has 13 aromatic rings. The van der Waals surface area contributed by atoms with Gasteiger partial charge in [0.25, 0.3) is 11.4 Å². The van der Waals surface area contributed by atoms with E-state index >= 15 is 0 Å². The summed E-state index contributed by atoms with van der Waals surface area (Å²) in [5.74, 6) is 0.976. The third-order valence-electron chi connectivity index (χ3n) is 12.7. The quantitative estimate of drug-likeness (QED) is 0.164. The second kappa shape index (κ2) is 13.5. The average Bonchev–Trinajstić information content (AvgIpc) is 4.16. The number of hydrogen-bond acceptors (Lipinski definition) is 7. The highest BCUT2D eigenvalue weighted by Crippen LogP contribution is 2.37. The number of rotatable bonds is 6. The van der Waals surface area contributed by atoms with Crippen molar-refractivity contribution in [3.63, 3.8) is 0 Å². The van der Waals surface area contributed by atoms with E-state index in [1.54, 1.807) is 12.5 Å². The van der Waals surface area contributed by atoms with Gasteiger partial charge in [0.1, 0.15) is 22.2 Å². The molecule has 64 heavy (non-hydrogen) atoms. The number of hydrogen-bond donors (Lipinski definition) is 0. The maximum Gasteiger partial charge on any atom is 0.250 e. The van der Waals surface area contributed by atoms with Crippen molar-refractivity contribution in [2.75, 3.05) is 0 Å². The Labute approximate surface area is 365 Å². The van der Waals surface area contributed by atoms with Crippen molar-refractivity contribution in [2.24, 2.45) is 0 Å². The molecule has 0 aliphatic carbocycles. The predicted molar refractivity (Wildman–Crippen MR) is 253 cm³/mol. The average molecular weight is 832 g/mol. The highest BCUT2D eigenvalue weighted by Gasteiger charge is 2.18. The Hall–Kier alpha value is -8.43. The molecule has 9 heteroatoms. The first-order valence-corrected chi connectivity index (χ1v) is 21.3. The first-order valence-electron chi connectivity index (χ1n) is 21.3. The molecule has 0 bridgehead atoms. The second-order valence-electron chi connectivity index (χ2n) is 16.8. The maximum atomic E-state index is 6.21. The van der Waals surface area contributed by atoms with Gasteiger partial charge in [0, 0.05) is 74.6 Å². The molecule has 0 spiro atoms. The lowest BCUT2D eigenvalue weighted by Crippen LogP contribution is -1.97. The van der Waals surface area contributed by atoms with Crippen LogP contribution in [-0.4, -0.2) is 24.1 Å². The Kier molecular flexibility index (Phi) is 7.66. The molecule has 0 saturated heterocycles. The van der Waals surface area contributed by atoms with Crippen LogP contribution < -0.4 is 0 Å². The molecule has 9 nitrogen and oxygen atoms in total. The SMILES string of the molecule is Cc1cc(-n2ccc3cc4ccoc4cc32)cc(C)c1-c1ccc(-c2nc3cc4nc(-c5ccc(-c6c(C)cc(-n7ccc8cc9ccoc9cc87)cc6C)cc5)oc4nc3o2)cc1. The Bertz CT molecular complexity index is 3650. The smallest absolute Gasteiger partial charge is 0.250 e. The van der Waals surface area contributed by atoms with Crippen molar-refractivity contribution in [3.8, 4) is 56.5 Å². The Morgan fingerprint density at radius 1 is 0.391 bits per heavy atom. The van der Waals surface area contributed by atoms with Gasteiger partial charge < -0.3 is 26.8 Å². The molecular weight excluding hydrogens is 795 g/mol. The highest BCUT2D eigenvalue weighted by atomic mass is 16.4. The Balaban J connectivity index is 0.745. The van der Waals surface area contributed by atoms with Crippen LogP contribution in [0.1, 0.15) is 22.3 Å². The molecule has 0 aliphatic rings. The lowest BCUT2D eigenvalue weighted by atomic mass is 9.94. The van der Waals surface area contributed by atoms with Crippen molar-refractivity contribution in [1.82, 2.24) is 24.1 Å². The van der Waals surface area contributed by atoms with E-state index in [-0.39, 0.29) is 0 Å². The summed E-state index contributed by atoms with van der Waals surface area (Å²) in [4.78, 5) is 14.3. The second-order valence-corrected chi connectivity index (χ2v) is 16.8. The molecule has 0 fully saturated rings. The number of furan rings is 2. The zero-order valence-electron chi connectivity index (χ0n) is 35.3. The van der Waals surface area contributed by atoms with E-state index in [0.29, 0.717) is 34.2 Å². The maximum absolute atomic E-state index is 6.21. The summed E-state index contributed by atoms with van der Waals surface area (Å²) in [7, 11) is 0. The molecule has 7 heterocycles. The van der Waals surface area contributed by atoms with Gasteiger partial charge in [-0.2, -0.15) is 4.98 Å². The van der Waals surface area contributed by atoms with Crippen LogP contribution >= 0.6 is 0 Å². The normalized spacial score (nSPS) is 12.1. The van der Waals surface area contributed by atoms with Crippen molar-refractivity contribution >= 4 is 66.2 Å². The topological polar surface area (TPSA) is 101 Å². The van der Waals surface area contributed by atoms with Gasteiger partial charge >= 0.3 is 0 Å². The minimum absolute atomic E-state index is 0.397. The minimum Gasteiger partial charge on any atom is -0.464 e. The fraction of sp³-hybridized carbons (Fsp3) is 0.0727. The van der Waals surface area contributed by atoms with Crippen LogP contribution in [0.25, 0.3) is 123 Å². The summed E-state index contributed by atoms with van der Waals surface area (Å²) < 4.78 is 28.3. The summed E-state index contributed by atoms with van der Waals surface area (Å²) >= 11 is 0. The summed E-state index contributed by atoms with van der Waals surface area (Å²) in [6, 6.07) is 44.4. The molecular formula is C55H37N5O4. The van der Waals surface area contributed by atoms with Crippen molar-refractivity contribution in [2.45, 2.75) is 27.7 Å². The van der Waals surface area contributed by atoms with E-state index < -0.39 is 0 Å². The monoisotopic (exact) mass is 831 g/mol. The Morgan fingerprint density at radius 3 is 1.22 bits per heavy atom. The van der Waals surface area contributed by atoms with Crippen LogP contribution in [0, 0.1) is 27.7 Å². The fourth-order valence-electron chi connectivity index (χ4n) is 9.73. The molecule has 306 valence electrons. The first kappa shape index (κ1) is 36.2. The van der Waals surface area contributed by atoms with Crippen LogP contribution in [0.2, 0.25) is 0 Å². The third-order valence-corrected chi connectivity index (χ3v) is 12.7. The molecule has 0 saturated carbocycles. The van der Waals surface area contributed by atoms with E-state index in [2.05, 4.69) is 134 Å². The summed E-state index contributed by atoms with van der Waals surface area (Å²) in [5.41, 5.74) is 19.4. The van der Waals surface area contributed by atoms with Gasteiger partial charge in [0.05, 0.1) is 23.6 Å². The van der Waals surface area contributed by atoms with Crippen LogP contribution in [0.5, 0.6) is 0 Å². The molecule has 0 amide bonds. The number of oxazole rings is 2. The number of fused-ring (bicyclic) bond motifs is 6. The van der Waals surface area contributed by atoms with Crippen LogP contribution in [0.15, 0.2) is 170 Å². The van der Waals surface area contributed by atoms with E-state index in [4.69, 9.17) is 32.6 Å². The molecule has 0 N–H and O–H groups in total. The zero-order valence-corrected chi connectivity index (χ0v) is 35.3. The van der Waals surface area contributed by atoms with Crippen LogP contribution in [0.3, 0.4) is 0 Å². The van der Waals surface area contributed by atoms with Gasteiger partial charge in [0.2, 0.25) is 11.8 Å². The van der Waals surface area contributed by atoms with Crippen molar-refractivity contribution in [3.05, 3.63) is 175 Å². The van der Waals surface area contributed by atoms with Crippen molar-refractivity contribution in [1.29, 1.82) is 0 Å². The number of benzene rings is 6. The summed E-state index contributed by atoms with van der Waals surface area (Å²) in [6.45, 7) is 8.67. The van der Waals surface area contributed by atoms with E-state index in [1.165, 1.54) is 44.2 Å². The predicted octanol–water partition coefficient (Wildman–Crippen LogP) is 14.6. The molecule has 7 aromatic heterocycles. The first-order chi connectivity index (χ1) is 31.3. The standard InChI is InChI=1S/C55H37N5O4/c1-30-21-42(59-17-13-38-25-40-15-19-61-48(40)28-46(38)59)22-31(2)50(30)34-5-9-36(10-6-34)52-56-44-27-45-55(58-54(44)63-52)64-53(57-45)37-11-7-35(8-12-37)51-32(3)23-43(24-33(51)4)60-18-14-39-26-41-16-20-62-49(41)29-47(39)60/h5-29H,1-4H3. The van der Waals surface area contributed by atoms with Crippen LogP contribution in [0.4, 0.5) is 0 Å². The number of nitrogens with zero attached hydrogens (tertiary/aromatic N) is 5. The van der Waals surface area contributed by atoms with E-state index in [9.17, 15) is 0 Å². The molecule has 13 rings (SSSR count). The highest BCUT2D eigenvalue weighted by molar-refractivity contribution is 5.97. The van der Waals surface area contributed by atoms with Gasteiger partial charge in [-0.1, -0.05) is 24.3 Å². The van der Waals surface area contributed by atoms with Gasteiger partial charge in [0.15, 0.2) is 0 Å². The van der Waals surface area contributed by atoms with E-state index in [1.807, 2.05) is 42.5 Å². The van der Waals surface area contributed by atoms with Gasteiger partial charge in [-0.15, -0.1) is 0 Å². The Morgan fingerprint density at radius 2 is 0.797 bits per heavy atom. The lowest BCUT2D eigenvalue weighted by Gasteiger charge is -2.15. The third kappa shape index (κ3) is 5.67. The summed E-state index contributed by atoms with van der Waals surface area (Å²) in [6.07, 6.45) is 7.73. The molecule has 0 radical (unpaired) electrons. The largest absolute Gasteiger partial charge is 0.464 e. The molecule has 6 aromatic carbocycles. The molecule has 0 atom stereocenters. The fourth-order valence-corrected chi connectivity index (χ4v) is 9.73. The van der Waals surface area contributed by atoms with Gasteiger partial charge in [-0.3, -0.25) is 0 Å². The van der Waals surface area contributed by atoms with E-state index in [0.717, 1.165) is 66.6 Å². The lowest BCUT2D eigenvalue weighted by molar-refractivity contribution is 0.588. The van der Waals surface area contributed by atoms with Crippen molar-refractivity contribution < 1.29 is 17.7 Å². The molecule has 0 unspecified atom stereocenters. The number of aryl methyl sites for hydroxylation is 4. The molecule has 0 aliphatic heterocycles. The zero-order chi connectivity index (χ0) is 42.8. The van der Waals surface area contributed by atoms with Crippen LogP contribution in [-0.2, 0) is 0 Å². The number of aromatic nitrogens is 5. The van der Waals surface area contributed by atoms with Gasteiger partial charge in [-0.05, 0) is 157 Å².